The molecule has 3 aromatic rings. The summed E-state index contributed by atoms with van der Waals surface area (Å²) >= 11 is 0. The number of anilines is 1. The van der Waals surface area contributed by atoms with Gasteiger partial charge in [0.05, 0.1) is 11.7 Å². The molecule has 0 bridgehead atoms. The van der Waals surface area contributed by atoms with Crippen molar-refractivity contribution >= 4 is 22.6 Å². The van der Waals surface area contributed by atoms with Gasteiger partial charge in [-0.25, -0.2) is 4.79 Å². The third-order valence-electron chi connectivity index (χ3n) is 4.26. The molecule has 2 aromatic carbocycles. The first-order valence-electron chi connectivity index (χ1n) is 8.24. The second kappa shape index (κ2) is 6.39. The van der Waals surface area contributed by atoms with E-state index in [-0.39, 0.29) is 12.1 Å². The molecular weight excluding hydrogens is 318 g/mol. The van der Waals surface area contributed by atoms with Gasteiger partial charge in [-0.3, -0.25) is 0 Å². The molecule has 6 heteroatoms. The molecule has 1 aliphatic heterocycles. The van der Waals surface area contributed by atoms with Crippen molar-refractivity contribution < 1.29 is 14.3 Å². The molecule has 2 amide bonds. The van der Waals surface area contributed by atoms with Crippen LogP contribution < -0.4 is 20.1 Å². The SMILES string of the molecule is CC(NC(=O)Nc1cccc2[nH]ccc12)c1ccc2c(c1)OCCO2. The van der Waals surface area contributed by atoms with Crippen LogP contribution in [0.2, 0.25) is 0 Å². The van der Waals surface area contributed by atoms with E-state index in [1.54, 1.807) is 0 Å². The van der Waals surface area contributed by atoms with Gasteiger partial charge in [-0.05, 0) is 42.8 Å². The van der Waals surface area contributed by atoms with E-state index in [9.17, 15) is 4.79 Å². The number of ether oxygens (including phenoxy) is 2. The van der Waals surface area contributed by atoms with E-state index < -0.39 is 0 Å². The third-order valence-corrected chi connectivity index (χ3v) is 4.26. The third kappa shape index (κ3) is 3.10. The van der Waals surface area contributed by atoms with Crippen molar-refractivity contribution in [1.29, 1.82) is 0 Å². The van der Waals surface area contributed by atoms with Crippen molar-refractivity contribution in [2.45, 2.75) is 13.0 Å². The molecule has 1 aromatic heterocycles. The normalized spacial score (nSPS) is 14.1. The standard InChI is InChI=1S/C19H19N3O3/c1-12(13-5-6-17-18(11-13)25-10-9-24-17)21-19(23)22-16-4-2-3-15-14(16)7-8-20-15/h2-8,11-12,20H,9-10H2,1H3,(H2,21,22,23). The number of fused-ring (bicyclic) bond motifs is 2. The molecule has 128 valence electrons. The monoisotopic (exact) mass is 337 g/mol. The van der Waals surface area contributed by atoms with Crippen LogP contribution in [-0.4, -0.2) is 24.2 Å². The number of urea groups is 1. The highest BCUT2D eigenvalue weighted by atomic mass is 16.6. The quantitative estimate of drug-likeness (QED) is 0.680. The number of carbonyl (C=O) groups is 1. The number of hydrogen-bond donors (Lipinski definition) is 3. The first kappa shape index (κ1) is 15.4. The van der Waals surface area contributed by atoms with Gasteiger partial charge in [0.25, 0.3) is 0 Å². The zero-order chi connectivity index (χ0) is 17.2. The Hall–Kier alpha value is -3.15. The number of hydrogen-bond acceptors (Lipinski definition) is 3. The summed E-state index contributed by atoms with van der Waals surface area (Å²) in [5.74, 6) is 1.46. The molecule has 1 atom stereocenters. The van der Waals surface area contributed by atoms with Crippen molar-refractivity contribution in [3.05, 3.63) is 54.2 Å². The van der Waals surface area contributed by atoms with Crippen molar-refractivity contribution in [3.63, 3.8) is 0 Å². The first-order chi connectivity index (χ1) is 12.2. The smallest absolute Gasteiger partial charge is 0.319 e. The van der Waals surface area contributed by atoms with Gasteiger partial charge in [0.1, 0.15) is 13.2 Å². The molecule has 2 heterocycles. The lowest BCUT2D eigenvalue weighted by molar-refractivity contribution is 0.171. The van der Waals surface area contributed by atoms with Crippen LogP contribution in [0, 0.1) is 0 Å². The Morgan fingerprint density at radius 1 is 1.12 bits per heavy atom. The molecule has 6 nitrogen and oxygen atoms in total. The van der Waals surface area contributed by atoms with E-state index in [0.717, 1.165) is 33.7 Å². The predicted octanol–water partition coefficient (Wildman–Crippen LogP) is 3.82. The van der Waals surface area contributed by atoms with E-state index in [1.807, 2.05) is 55.6 Å². The van der Waals surface area contributed by atoms with E-state index in [0.29, 0.717) is 13.2 Å². The van der Waals surface area contributed by atoms with Crippen molar-refractivity contribution in [2.75, 3.05) is 18.5 Å². The summed E-state index contributed by atoms with van der Waals surface area (Å²) in [5, 5.41) is 6.84. The molecule has 1 unspecified atom stereocenters. The molecule has 0 saturated heterocycles. The van der Waals surface area contributed by atoms with Crippen LogP contribution in [0.5, 0.6) is 11.5 Å². The molecule has 0 spiro atoms. The Labute approximate surface area is 145 Å². The highest BCUT2D eigenvalue weighted by molar-refractivity contribution is 6.00. The number of rotatable bonds is 3. The lowest BCUT2D eigenvalue weighted by Crippen LogP contribution is -2.31. The van der Waals surface area contributed by atoms with E-state index in [4.69, 9.17) is 9.47 Å². The Kier molecular flexibility index (Phi) is 3.93. The van der Waals surface area contributed by atoms with Crippen LogP contribution in [0.25, 0.3) is 10.9 Å². The Balaban J connectivity index is 1.46. The summed E-state index contributed by atoms with van der Waals surface area (Å²) in [6.45, 7) is 3.04. The van der Waals surface area contributed by atoms with Crippen LogP contribution in [0.4, 0.5) is 10.5 Å². The molecule has 0 fully saturated rings. The van der Waals surface area contributed by atoms with E-state index >= 15 is 0 Å². The maximum atomic E-state index is 12.4. The zero-order valence-corrected chi connectivity index (χ0v) is 13.8. The molecule has 25 heavy (non-hydrogen) atoms. The van der Waals surface area contributed by atoms with Gasteiger partial charge in [0.2, 0.25) is 0 Å². The lowest BCUT2D eigenvalue weighted by atomic mass is 10.1. The van der Waals surface area contributed by atoms with Crippen molar-refractivity contribution in [3.8, 4) is 11.5 Å². The number of aromatic nitrogens is 1. The Morgan fingerprint density at radius 3 is 2.84 bits per heavy atom. The Bertz CT molecular complexity index is 919. The largest absolute Gasteiger partial charge is 0.486 e. The van der Waals surface area contributed by atoms with Gasteiger partial charge >= 0.3 is 6.03 Å². The molecular formula is C19H19N3O3. The highest BCUT2D eigenvalue weighted by Crippen LogP contribution is 2.32. The summed E-state index contributed by atoms with van der Waals surface area (Å²) in [5.41, 5.74) is 2.71. The summed E-state index contributed by atoms with van der Waals surface area (Å²) in [4.78, 5) is 15.5. The maximum Gasteiger partial charge on any atom is 0.319 e. The second-order valence-corrected chi connectivity index (χ2v) is 5.97. The van der Waals surface area contributed by atoms with Crippen LogP contribution in [0.15, 0.2) is 48.7 Å². The summed E-state index contributed by atoms with van der Waals surface area (Å²) < 4.78 is 11.1. The van der Waals surface area contributed by atoms with E-state index in [2.05, 4.69) is 15.6 Å². The minimum atomic E-state index is -0.254. The van der Waals surface area contributed by atoms with Crippen LogP contribution in [0.3, 0.4) is 0 Å². The number of carbonyl (C=O) groups excluding carboxylic acids is 1. The Morgan fingerprint density at radius 2 is 1.96 bits per heavy atom. The zero-order valence-electron chi connectivity index (χ0n) is 13.8. The highest BCUT2D eigenvalue weighted by Gasteiger charge is 2.16. The number of H-pyrrole nitrogens is 1. The average molecular weight is 337 g/mol. The van der Waals surface area contributed by atoms with Crippen LogP contribution in [-0.2, 0) is 0 Å². The molecule has 0 saturated carbocycles. The number of aromatic amines is 1. The van der Waals surface area contributed by atoms with Gasteiger partial charge < -0.3 is 25.1 Å². The molecule has 1 aliphatic rings. The fraction of sp³-hybridized carbons (Fsp3) is 0.211. The predicted molar refractivity (Wildman–Crippen MR) is 96.3 cm³/mol. The summed E-state index contributed by atoms with van der Waals surface area (Å²) in [6, 6.07) is 13.0. The minimum absolute atomic E-state index is 0.166. The first-order valence-corrected chi connectivity index (χ1v) is 8.24. The summed E-state index contributed by atoms with van der Waals surface area (Å²) in [6.07, 6.45) is 1.85. The summed E-state index contributed by atoms with van der Waals surface area (Å²) in [7, 11) is 0. The van der Waals surface area contributed by atoms with Crippen molar-refractivity contribution in [2.24, 2.45) is 0 Å². The topological polar surface area (TPSA) is 75.4 Å². The van der Waals surface area contributed by atoms with Crippen LogP contribution >= 0.6 is 0 Å². The van der Waals surface area contributed by atoms with Crippen molar-refractivity contribution in [1.82, 2.24) is 10.3 Å². The minimum Gasteiger partial charge on any atom is -0.486 e. The fourth-order valence-corrected chi connectivity index (χ4v) is 2.96. The van der Waals surface area contributed by atoms with Gasteiger partial charge in [0, 0.05) is 17.1 Å². The lowest BCUT2D eigenvalue weighted by Gasteiger charge is -2.21. The van der Waals surface area contributed by atoms with Gasteiger partial charge in [0.15, 0.2) is 11.5 Å². The average Bonchev–Trinajstić information content (AvgIpc) is 3.11. The number of nitrogens with one attached hydrogen (secondary N) is 3. The molecule has 0 aliphatic carbocycles. The van der Waals surface area contributed by atoms with Crippen LogP contribution in [0.1, 0.15) is 18.5 Å². The molecule has 0 radical (unpaired) electrons. The van der Waals surface area contributed by atoms with E-state index in [1.165, 1.54) is 0 Å². The maximum absolute atomic E-state index is 12.4. The van der Waals surface area contributed by atoms with Gasteiger partial charge in [-0.2, -0.15) is 0 Å². The second-order valence-electron chi connectivity index (χ2n) is 5.97. The molecule has 3 N–H and O–H groups in total. The fourth-order valence-electron chi connectivity index (χ4n) is 2.96. The van der Waals surface area contributed by atoms with Gasteiger partial charge in [-0.15, -0.1) is 0 Å². The molecule has 4 rings (SSSR count). The van der Waals surface area contributed by atoms with Gasteiger partial charge in [-0.1, -0.05) is 12.1 Å². The number of amides is 2. The number of benzene rings is 2.